The molecule has 2 N–H and O–H groups in total. The van der Waals surface area contributed by atoms with Gasteiger partial charge in [-0.15, -0.1) is 0 Å². The molecule has 0 spiro atoms. The van der Waals surface area contributed by atoms with E-state index >= 15 is 0 Å². The molecule has 2 fully saturated rings. The van der Waals surface area contributed by atoms with Crippen LogP contribution < -0.4 is 25.2 Å². The molecule has 0 saturated carbocycles. The number of carbonyl (C=O) groups is 1. The predicted octanol–water partition coefficient (Wildman–Crippen LogP) is 4.65. The maximum atomic E-state index is 12.3. The van der Waals surface area contributed by atoms with Gasteiger partial charge in [-0.3, -0.25) is 4.79 Å². The summed E-state index contributed by atoms with van der Waals surface area (Å²) in [5, 5.41) is 6.33. The standard InChI is InChI=1S/C28H41N7O2/c1-7-27(36)30-22-17-23(25(37-6)18-24(22)34-15-12-21(13-16-34)33(4)5)31-28-29-14-11-26(32-28)35-19(2)9-8-10-20(35)3/h7,11,14,17-21H,1,8-10,12-13,15-16H2,2-6H3,(H,30,36)(H,29,31,32). The molecule has 9 heteroatoms. The number of hydrogen-bond acceptors (Lipinski definition) is 8. The van der Waals surface area contributed by atoms with E-state index < -0.39 is 0 Å². The molecule has 37 heavy (non-hydrogen) atoms. The van der Waals surface area contributed by atoms with Crippen molar-refractivity contribution in [3.8, 4) is 5.75 Å². The highest BCUT2D eigenvalue weighted by Gasteiger charge is 2.27. The highest BCUT2D eigenvalue weighted by Crippen LogP contribution is 2.39. The van der Waals surface area contributed by atoms with E-state index in [2.05, 4.69) is 64.8 Å². The van der Waals surface area contributed by atoms with E-state index in [1.165, 1.54) is 12.5 Å². The highest BCUT2D eigenvalue weighted by molar-refractivity contribution is 6.02. The Bertz CT molecular complexity index is 1090. The van der Waals surface area contributed by atoms with Crippen LogP contribution in [0.2, 0.25) is 0 Å². The Labute approximate surface area is 220 Å². The lowest BCUT2D eigenvalue weighted by Gasteiger charge is -2.40. The molecule has 4 rings (SSSR count). The number of carbonyl (C=O) groups excluding carboxylic acids is 1. The van der Waals surface area contributed by atoms with Gasteiger partial charge in [0.15, 0.2) is 0 Å². The van der Waals surface area contributed by atoms with E-state index in [4.69, 9.17) is 9.72 Å². The van der Waals surface area contributed by atoms with E-state index in [-0.39, 0.29) is 5.91 Å². The lowest BCUT2D eigenvalue weighted by atomic mass is 9.98. The van der Waals surface area contributed by atoms with Crippen LogP contribution in [0.3, 0.4) is 0 Å². The van der Waals surface area contributed by atoms with Gasteiger partial charge in [0.25, 0.3) is 0 Å². The van der Waals surface area contributed by atoms with Crippen molar-refractivity contribution in [3.63, 3.8) is 0 Å². The van der Waals surface area contributed by atoms with Gasteiger partial charge in [0.05, 0.1) is 24.2 Å². The minimum Gasteiger partial charge on any atom is -0.494 e. The van der Waals surface area contributed by atoms with E-state index in [1.807, 2.05) is 18.2 Å². The highest BCUT2D eigenvalue weighted by atomic mass is 16.5. The van der Waals surface area contributed by atoms with Crippen LogP contribution in [0.5, 0.6) is 5.75 Å². The van der Waals surface area contributed by atoms with Gasteiger partial charge in [-0.25, -0.2) is 4.98 Å². The summed E-state index contributed by atoms with van der Waals surface area (Å²) in [4.78, 5) is 28.6. The first kappa shape index (κ1) is 26.7. The van der Waals surface area contributed by atoms with E-state index in [1.54, 1.807) is 13.3 Å². The molecular formula is C28H41N7O2. The summed E-state index contributed by atoms with van der Waals surface area (Å²) in [5.74, 6) is 1.81. The van der Waals surface area contributed by atoms with Crippen molar-refractivity contribution in [1.82, 2.24) is 14.9 Å². The third-order valence-corrected chi connectivity index (χ3v) is 7.64. The van der Waals surface area contributed by atoms with Crippen LogP contribution in [-0.4, -0.2) is 73.2 Å². The van der Waals surface area contributed by atoms with Gasteiger partial charge in [-0.05, 0) is 78.3 Å². The first-order valence-corrected chi connectivity index (χ1v) is 13.3. The maximum Gasteiger partial charge on any atom is 0.247 e. The normalized spacial score (nSPS) is 20.6. The minimum absolute atomic E-state index is 0.258. The Morgan fingerprint density at radius 2 is 1.84 bits per heavy atom. The Kier molecular flexibility index (Phi) is 8.53. The van der Waals surface area contributed by atoms with Crippen LogP contribution in [-0.2, 0) is 4.79 Å². The topological polar surface area (TPSA) is 85.9 Å². The molecule has 2 aliphatic rings. The number of anilines is 5. The zero-order valence-corrected chi connectivity index (χ0v) is 22.8. The molecular weight excluding hydrogens is 466 g/mol. The zero-order chi connectivity index (χ0) is 26.5. The minimum atomic E-state index is -0.258. The third-order valence-electron chi connectivity index (χ3n) is 7.64. The van der Waals surface area contributed by atoms with Crippen LogP contribution in [0.15, 0.2) is 37.1 Å². The lowest BCUT2D eigenvalue weighted by Crippen LogP contribution is -2.44. The smallest absolute Gasteiger partial charge is 0.247 e. The second-order valence-corrected chi connectivity index (χ2v) is 10.3. The molecule has 3 heterocycles. The Morgan fingerprint density at radius 1 is 1.14 bits per heavy atom. The summed E-state index contributed by atoms with van der Waals surface area (Å²) >= 11 is 0. The number of rotatable bonds is 8. The summed E-state index contributed by atoms with van der Waals surface area (Å²) in [5.41, 5.74) is 2.32. The quantitative estimate of drug-likeness (QED) is 0.500. The molecule has 2 aliphatic heterocycles. The summed E-state index contributed by atoms with van der Waals surface area (Å²) in [6.07, 6.45) is 8.73. The predicted molar refractivity (Wildman–Crippen MR) is 151 cm³/mol. The molecule has 1 aromatic heterocycles. The average molecular weight is 508 g/mol. The van der Waals surface area contributed by atoms with Crippen LogP contribution in [0.1, 0.15) is 46.0 Å². The number of ether oxygens (including phenoxy) is 1. The molecule has 1 amide bonds. The van der Waals surface area contributed by atoms with Gasteiger partial charge < -0.3 is 30.1 Å². The summed E-state index contributed by atoms with van der Waals surface area (Å²) < 4.78 is 5.78. The molecule has 2 saturated heterocycles. The second kappa shape index (κ2) is 11.8. The fourth-order valence-corrected chi connectivity index (χ4v) is 5.55. The van der Waals surface area contributed by atoms with Crippen LogP contribution in [0.25, 0.3) is 0 Å². The van der Waals surface area contributed by atoms with Gasteiger partial charge in [0.1, 0.15) is 11.6 Å². The molecule has 2 unspecified atom stereocenters. The molecule has 1 aromatic carbocycles. The van der Waals surface area contributed by atoms with Gasteiger partial charge >= 0.3 is 0 Å². The average Bonchev–Trinajstić information content (AvgIpc) is 2.89. The monoisotopic (exact) mass is 507 g/mol. The van der Waals surface area contributed by atoms with Gasteiger partial charge in [0.2, 0.25) is 11.9 Å². The summed E-state index contributed by atoms with van der Waals surface area (Å²) in [6.45, 7) is 9.92. The van der Waals surface area contributed by atoms with Crippen LogP contribution >= 0.6 is 0 Å². The van der Waals surface area contributed by atoms with Crippen molar-refractivity contribution in [1.29, 1.82) is 0 Å². The molecule has 200 valence electrons. The van der Waals surface area contributed by atoms with Crippen molar-refractivity contribution in [2.75, 3.05) is 54.7 Å². The van der Waals surface area contributed by atoms with E-state index in [9.17, 15) is 4.79 Å². The van der Waals surface area contributed by atoms with Crippen molar-refractivity contribution < 1.29 is 9.53 Å². The first-order valence-electron chi connectivity index (χ1n) is 13.3. The molecule has 0 aliphatic carbocycles. The first-order chi connectivity index (χ1) is 17.8. The second-order valence-electron chi connectivity index (χ2n) is 10.3. The summed E-state index contributed by atoms with van der Waals surface area (Å²) in [7, 11) is 5.91. The number of hydrogen-bond donors (Lipinski definition) is 2. The fourth-order valence-electron chi connectivity index (χ4n) is 5.55. The van der Waals surface area contributed by atoms with E-state index in [0.29, 0.717) is 41.2 Å². The number of amides is 1. The largest absolute Gasteiger partial charge is 0.494 e. The van der Waals surface area contributed by atoms with Crippen molar-refractivity contribution >= 4 is 34.7 Å². The number of piperidine rings is 2. The third kappa shape index (κ3) is 6.15. The van der Waals surface area contributed by atoms with Gasteiger partial charge in [0, 0.05) is 43.5 Å². The van der Waals surface area contributed by atoms with Gasteiger partial charge in [-0.1, -0.05) is 6.58 Å². The van der Waals surface area contributed by atoms with Gasteiger partial charge in [-0.2, -0.15) is 4.98 Å². The fraction of sp³-hybridized carbons (Fsp3) is 0.536. The van der Waals surface area contributed by atoms with E-state index in [0.717, 1.165) is 50.3 Å². The zero-order valence-electron chi connectivity index (χ0n) is 22.8. The molecule has 0 bridgehead atoms. The number of nitrogens with one attached hydrogen (secondary N) is 2. The van der Waals surface area contributed by atoms with Crippen molar-refractivity contribution in [2.45, 2.75) is 64.1 Å². The molecule has 9 nitrogen and oxygen atoms in total. The molecule has 0 radical (unpaired) electrons. The number of nitrogens with zero attached hydrogens (tertiary/aromatic N) is 5. The maximum absolute atomic E-state index is 12.3. The number of aromatic nitrogens is 2. The SMILES string of the molecule is C=CC(=O)Nc1cc(Nc2nccc(N3C(C)CCCC3C)n2)c(OC)cc1N1CCC(N(C)C)CC1. The van der Waals surface area contributed by atoms with Crippen LogP contribution in [0.4, 0.5) is 28.8 Å². The number of methoxy groups -OCH3 is 1. The lowest BCUT2D eigenvalue weighted by molar-refractivity contribution is -0.111. The summed E-state index contributed by atoms with van der Waals surface area (Å²) in [6, 6.07) is 7.26. The Hall–Kier alpha value is -3.33. The number of benzene rings is 1. The Morgan fingerprint density at radius 3 is 2.46 bits per heavy atom. The Balaban J connectivity index is 1.64. The molecule has 2 aromatic rings. The molecule has 2 atom stereocenters. The van der Waals surface area contributed by atoms with Crippen molar-refractivity contribution in [3.05, 3.63) is 37.1 Å². The van der Waals surface area contributed by atoms with Crippen LogP contribution in [0, 0.1) is 0 Å². The van der Waals surface area contributed by atoms with Crippen molar-refractivity contribution in [2.24, 2.45) is 0 Å².